The predicted molar refractivity (Wildman–Crippen MR) is 112 cm³/mol. The monoisotopic (exact) mass is 374 g/mol. The molecule has 1 aliphatic rings. The number of carbonyl (C=O) groups excluding carboxylic acids is 1. The third kappa shape index (κ3) is 3.90. The van der Waals surface area contributed by atoms with Gasteiger partial charge in [0.2, 0.25) is 0 Å². The molecule has 3 heterocycles. The highest BCUT2D eigenvalue weighted by molar-refractivity contribution is 6.07. The fourth-order valence-corrected chi connectivity index (χ4v) is 3.94. The van der Waals surface area contributed by atoms with E-state index < -0.39 is 0 Å². The molecule has 0 radical (unpaired) electrons. The van der Waals surface area contributed by atoms with Gasteiger partial charge < -0.3 is 10.2 Å². The number of rotatable bonds is 5. The Kier molecular flexibility index (Phi) is 5.35. The van der Waals surface area contributed by atoms with E-state index in [-0.39, 0.29) is 11.9 Å². The summed E-state index contributed by atoms with van der Waals surface area (Å²) in [5.74, 6) is -0.0464. The van der Waals surface area contributed by atoms with Crippen molar-refractivity contribution in [2.24, 2.45) is 0 Å². The maximum Gasteiger partial charge on any atom is 0.252 e. The minimum atomic E-state index is -0.0464. The topological polar surface area (TPSA) is 58.1 Å². The van der Waals surface area contributed by atoms with Crippen LogP contribution in [0.4, 0.5) is 0 Å². The van der Waals surface area contributed by atoms with Gasteiger partial charge in [-0.1, -0.05) is 18.2 Å². The number of hydrogen-bond acceptors (Lipinski definition) is 4. The average Bonchev–Trinajstić information content (AvgIpc) is 3.21. The normalized spacial score (nSPS) is 15.6. The number of nitrogens with one attached hydrogen (secondary N) is 1. The Hall–Kier alpha value is -2.79. The van der Waals surface area contributed by atoms with Gasteiger partial charge in [0.15, 0.2) is 0 Å². The summed E-state index contributed by atoms with van der Waals surface area (Å²) < 4.78 is 0. The van der Waals surface area contributed by atoms with Gasteiger partial charge in [-0.3, -0.25) is 9.78 Å². The van der Waals surface area contributed by atoms with Crippen molar-refractivity contribution in [3.63, 3.8) is 0 Å². The van der Waals surface area contributed by atoms with E-state index >= 15 is 0 Å². The second kappa shape index (κ2) is 8.07. The van der Waals surface area contributed by atoms with E-state index in [1.165, 1.54) is 12.8 Å². The van der Waals surface area contributed by atoms with Crippen LogP contribution < -0.4 is 5.32 Å². The van der Waals surface area contributed by atoms with Gasteiger partial charge in [-0.2, -0.15) is 0 Å². The molecular formula is C23H26N4O. The number of pyridine rings is 2. The highest BCUT2D eigenvalue weighted by atomic mass is 16.1. The Morgan fingerprint density at radius 1 is 1.21 bits per heavy atom. The molecule has 0 unspecified atom stereocenters. The lowest BCUT2D eigenvalue weighted by Gasteiger charge is -2.21. The number of aryl methyl sites for hydroxylation is 1. The van der Waals surface area contributed by atoms with E-state index in [1.807, 2.05) is 43.3 Å². The van der Waals surface area contributed by atoms with Crippen molar-refractivity contribution in [3.8, 4) is 11.3 Å². The molecule has 4 rings (SSSR count). The van der Waals surface area contributed by atoms with Crippen LogP contribution >= 0.6 is 0 Å². The molecule has 3 aromatic rings. The standard InChI is InChI=1S/C23H26N4O/c1-16-7-5-9-19-20(23(28)25-17(2)15-27-11-3-4-12-27)13-21(26-22(16)19)18-8-6-10-24-14-18/h5-10,13-14,17H,3-4,11-12,15H2,1-2H3,(H,25,28)/t17-/m0/s1. The number of benzene rings is 1. The number of nitrogens with zero attached hydrogens (tertiary/aromatic N) is 3. The lowest BCUT2D eigenvalue weighted by molar-refractivity contribution is 0.0933. The summed E-state index contributed by atoms with van der Waals surface area (Å²) in [6, 6.07) is 11.8. The first-order valence-electron chi connectivity index (χ1n) is 9.96. The molecule has 1 saturated heterocycles. The highest BCUT2D eigenvalue weighted by Gasteiger charge is 2.19. The second-order valence-corrected chi connectivity index (χ2v) is 7.65. The van der Waals surface area contributed by atoms with Gasteiger partial charge in [0.1, 0.15) is 0 Å². The molecule has 1 aromatic carbocycles. The third-order valence-electron chi connectivity index (χ3n) is 5.35. The maximum absolute atomic E-state index is 13.2. The molecule has 1 N–H and O–H groups in total. The molecule has 1 fully saturated rings. The minimum Gasteiger partial charge on any atom is -0.348 e. The van der Waals surface area contributed by atoms with Crippen LogP contribution in [0.1, 0.15) is 35.7 Å². The Morgan fingerprint density at radius 3 is 2.79 bits per heavy atom. The number of aromatic nitrogens is 2. The molecule has 0 aliphatic carbocycles. The molecular weight excluding hydrogens is 348 g/mol. The number of fused-ring (bicyclic) bond motifs is 1. The third-order valence-corrected chi connectivity index (χ3v) is 5.35. The van der Waals surface area contributed by atoms with Crippen LogP contribution in [0, 0.1) is 6.92 Å². The number of amides is 1. The Labute approximate surface area is 165 Å². The number of likely N-dealkylation sites (tertiary alicyclic amines) is 1. The molecule has 1 aliphatic heterocycles. The second-order valence-electron chi connectivity index (χ2n) is 7.65. The van der Waals surface area contributed by atoms with Crippen molar-refractivity contribution in [2.45, 2.75) is 32.7 Å². The molecule has 1 amide bonds. The van der Waals surface area contributed by atoms with E-state index in [0.717, 1.165) is 47.4 Å². The van der Waals surface area contributed by atoms with Crippen molar-refractivity contribution in [1.29, 1.82) is 0 Å². The fraction of sp³-hybridized carbons (Fsp3) is 0.348. The first-order valence-corrected chi connectivity index (χ1v) is 9.96. The Morgan fingerprint density at radius 2 is 2.04 bits per heavy atom. The summed E-state index contributed by atoms with van der Waals surface area (Å²) in [5, 5.41) is 4.08. The van der Waals surface area contributed by atoms with Crippen molar-refractivity contribution in [3.05, 3.63) is 59.9 Å². The molecule has 28 heavy (non-hydrogen) atoms. The van der Waals surface area contributed by atoms with Gasteiger partial charge in [0, 0.05) is 35.9 Å². The van der Waals surface area contributed by atoms with Gasteiger partial charge in [-0.15, -0.1) is 0 Å². The van der Waals surface area contributed by atoms with Crippen LogP contribution in [0.25, 0.3) is 22.2 Å². The summed E-state index contributed by atoms with van der Waals surface area (Å²) in [7, 11) is 0. The smallest absolute Gasteiger partial charge is 0.252 e. The first-order chi connectivity index (χ1) is 13.6. The van der Waals surface area contributed by atoms with Crippen LogP contribution in [0.3, 0.4) is 0 Å². The van der Waals surface area contributed by atoms with Gasteiger partial charge >= 0.3 is 0 Å². The fourth-order valence-electron chi connectivity index (χ4n) is 3.94. The molecule has 144 valence electrons. The van der Waals surface area contributed by atoms with E-state index in [4.69, 9.17) is 4.98 Å². The zero-order chi connectivity index (χ0) is 19.5. The summed E-state index contributed by atoms with van der Waals surface area (Å²) in [5.41, 5.74) is 4.27. The van der Waals surface area contributed by atoms with Crippen molar-refractivity contribution < 1.29 is 4.79 Å². The van der Waals surface area contributed by atoms with E-state index in [0.29, 0.717) is 5.56 Å². The molecule has 0 spiro atoms. The lowest BCUT2D eigenvalue weighted by Crippen LogP contribution is -2.41. The summed E-state index contributed by atoms with van der Waals surface area (Å²) in [6.07, 6.45) is 6.03. The first kappa shape index (κ1) is 18.6. The van der Waals surface area contributed by atoms with Gasteiger partial charge in [0.05, 0.1) is 16.8 Å². The van der Waals surface area contributed by atoms with E-state index in [9.17, 15) is 4.79 Å². The van der Waals surface area contributed by atoms with Crippen molar-refractivity contribution in [2.75, 3.05) is 19.6 Å². The summed E-state index contributed by atoms with van der Waals surface area (Å²) in [4.78, 5) is 24.6. The van der Waals surface area contributed by atoms with Gasteiger partial charge in [-0.05, 0) is 63.5 Å². The predicted octanol–water partition coefficient (Wildman–Crippen LogP) is 3.82. The van der Waals surface area contributed by atoms with Crippen LogP contribution in [-0.4, -0.2) is 46.5 Å². The molecule has 0 bridgehead atoms. The summed E-state index contributed by atoms with van der Waals surface area (Å²) >= 11 is 0. The Balaban J connectivity index is 1.68. The van der Waals surface area contributed by atoms with E-state index in [2.05, 4.69) is 22.1 Å². The lowest BCUT2D eigenvalue weighted by atomic mass is 10.0. The van der Waals surface area contributed by atoms with Crippen molar-refractivity contribution in [1.82, 2.24) is 20.2 Å². The Bertz CT molecular complexity index is 981. The maximum atomic E-state index is 13.2. The minimum absolute atomic E-state index is 0.0464. The number of hydrogen-bond donors (Lipinski definition) is 1. The molecule has 2 aromatic heterocycles. The molecule has 1 atom stereocenters. The number of para-hydroxylation sites is 1. The zero-order valence-corrected chi connectivity index (χ0v) is 16.5. The zero-order valence-electron chi connectivity index (χ0n) is 16.5. The van der Waals surface area contributed by atoms with Crippen LogP contribution in [0.2, 0.25) is 0 Å². The molecule has 5 heteroatoms. The number of carbonyl (C=O) groups is 1. The highest BCUT2D eigenvalue weighted by Crippen LogP contribution is 2.26. The molecule has 0 saturated carbocycles. The quantitative estimate of drug-likeness (QED) is 0.738. The van der Waals surface area contributed by atoms with Gasteiger partial charge in [-0.25, -0.2) is 4.98 Å². The summed E-state index contributed by atoms with van der Waals surface area (Å²) in [6.45, 7) is 7.25. The SMILES string of the molecule is Cc1cccc2c(C(=O)N[C@@H](C)CN3CCCC3)cc(-c3cccnc3)nc12. The van der Waals surface area contributed by atoms with E-state index in [1.54, 1.807) is 12.4 Å². The van der Waals surface area contributed by atoms with Gasteiger partial charge in [0.25, 0.3) is 5.91 Å². The van der Waals surface area contributed by atoms with Crippen LogP contribution in [0.5, 0.6) is 0 Å². The average molecular weight is 374 g/mol. The van der Waals surface area contributed by atoms with Crippen molar-refractivity contribution >= 4 is 16.8 Å². The van der Waals surface area contributed by atoms with Crippen LogP contribution in [-0.2, 0) is 0 Å². The largest absolute Gasteiger partial charge is 0.348 e. The molecule has 5 nitrogen and oxygen atoms in total. The van der Waals surface area contributed by atoms with Crippen LogP contribution in [0.15, 0.2) is 48.8 Å².